The van der Waals surface area contributed by atoms with Gasteiger partial charge in [-0.15, -0.1) is 11.3 Å². The van der Waals surface area contributed by atoms with Crippen molar-refractivity contribution in [2.45, 2.75) is 19.2 Å². The molecule has 102 valence electrons. The maximum atomic E-state index is 12.6. The Hall–Kier alpha value is -1.53. The Balaban J connectivity index is 2.44. The van der Waals surface area contributed by atoms with Gasteiger partial charge in [0.05, 0.1) is 5.56 Å². The van der Waals surface area contributed by atoms with Crippen LogP contribution in [0, 0.1) is 6.92 Å². The van der Waals surface area contributed by atoms with Crippen molar-refractivity contribution in [2.24, 2.45) is 0 Å². The van der Waals surface area contributed by atoms with Gasteiger partial charge in [0.15, 0.2) is 0 Å². The van der Waals surface area contributed by atoms with Gasteiger partial charge in [-0.2, -0.15) is 13.2 Å². The molecule has 1 heterocycles. The zero-order valence-corrected chi connectivity index (χ0v) is 10.8. The number of nitrogens with two attached hydrogens (primary N) is 1. The van der Waals surface area contributed by atoms with Gasteiger partial charge in [0, 0.05) is 16.1 Å². The van der Waals surface area contributed by atoms with Gasteiger partial charge in [-0.3, -0.25) is 0 Å². The van der Waals surface area contributed by atoms with E-state index in [0.717, 1.165) is 17.0 Å². The molecule has 0 saturated carbocycles. The quantitative estimate of drug-likeness (QED) is 0.827. The van der Waals surface area contributed by atoms with Gasteiger partial charge < -0.3 is 10.8 Å². The summed E-state index contributed by atoms with van der Waals surface area (Å²) < 4.78 is 37.9. The molecule has 1 aromatic heterocycles. The highest BCUT2D eigenvalue weighted by molar-refractivity contribution is 7.10. The molecule has 0 radical (unpaired) electrons. The molecule has 0 aliphatic heterocycles. The third-order valence-electron chi connectivity index (χ3n) is 2.78. The molecule has 0 bridgehead atoms. The molecule has 6 heteroatoms. The first-order chi connectivity index (χ1) is 8.79. The largest absolute Gasteiger partial charge is 0.416 e. The van der Waals surface area contributed by atoms with Crippen molar-refractivity contribution in [3.63, 3.8) is 0 Å². The van der Waals surface area contributed by atoms with Crippen LogP contribution in [0.25, 0.3) is 0 Å². The fraction of sp³-hybridized carbons (Fsp3) is 0.231. The van der Waals surface area contributed by atoms with Crippen LogP contribution in [0.4, 0.5) is 18.9 Å². The van der Waals surface area contributed by atoms with E-state index in [9.17, 15) is 18.3 Å². The minimum atomic E-state index is -4.45. The van der Waals surface area contributed by atoms with Gasteiger partial charge in [-0.05, 0) is 42.1 Å². The van der Waals surface area contributed by atoms with E-state index >= 15 is 0 Å². The topological polar surface area (TPSA) is 46.2 Å². The summed E-state index contributed by atoms with van der Waals surface area (Å²) in [7, 11) is 0. The number of thiophene rings is 1. The van der Waals surface area contributed by atoms with Crippen LogP contribution in [0.2, 0.25) is 0 Å². The maximum Gasteiger partial charge on any atom is 0.416 e. The maximum absolute atomic E-state index is 12.6. The van der Waals surface area contributed by atoms with Crippen molar-refractivity contribution in [2.75, 3.05) is 5.73 Å². The Morgan fingerprint density at radius 2 is 1.95 bits per heavy atom. The zero-order chi connectivity index (χ0) is 14.2. The van der Waals surface area contributed by atoms with E-state index in [1.165, 1.54) is 17.4 Å². The highest BCUT2D eigenvalue weighted by atomic mass is 32.1. The predicted molar refractivity (Wildman–Crippen MR) is 69.0 cm³/mol. The van der Waals surface area contributed by atoms with Crippen LogP contribution in [-0.4, -0.2) is 5.11 Å². The molecule has 1 atom stereocenters. The normalized spacial score (nSPS) is 13.5. The number of rotatable bonds is 2. The highest BCUT2D eigenvalue weighted by Crippen LogP contribution is 2.35. The Labute approximate surface area is 112 Å². The molecule has 0 aliphatic carbocycles. The number of aliphatic hydroxyl groups excluding tert-OH is 1. The molecule has 0 fully saturated rings. The highest BCUT2D eigenvalue weighted by Gasteiger charge is 2.31. The molecule has 0 saturated heterocycles. The van der Waals surface area contributed by atoms with Crippen LogP contribution >= 0.6 is 11.3 Å². The number of halogens is 3. The van der Waals surface area contributed by atoms with Crippen molar-refractivity contribution in [1.29, 1.82) is 0 Å². The zero-order valence-electron chi connectivity index (χ0n) is 10.0. The summed E-state index contributed by atoms with van der Waals surface area (Å²) >= 11 is 1.42. The van der Waals surface area contributed by atoms with E-state index in [2.05, 4.69) is 0 Å². The van der Waals surface area contributed by atoms with Crippen molar-refractivity contribution in [1.82, 2.24) is 0 Å². The average molecular weight is 287 g/mol. The van der Waals surface area contributed by atoms with Gasteiger partial charge in [0.1, 0.15) is 6.10 Å². The molecule has 2 aromatic rings. The molecule has 3 N–H and O–H groups in total. The molecule has 0 aliphatic rings. The predicted octanol–water partition coefficient (Wildman–Crippen LogP) is 3.74. The minimum absolute atomic E-state index is 0.0765. The van der Waals surface area contributed by atoms with E-state index in [1.807, 2.05) is 6.92 Å². The number of hydrogen-bond acceptors (Lipinski definition) is 3. The lowest BCUT2D eigenvalue weighted by molar-refractivity contribution is -0.137. The fourth-order valence-electron chi connectivity index (χ4n) is 1.77. The van der Waals surface area contributed by atoms with Crippen molar-refractivity contribution >= 4 is 17.0 Å². The lowest BCUT2D eigenvalue weighted by Crippen LogP contribution is -2.09. The summed E-state index contributed by atoms with van der Waals surface area (Å²) in [6.45, 7) is 1.86. The summed E-state index contributed by atoms with van der Waals surface area (Å²) in [6, 6.07) is 4.70. The smallest absolute Gasteiger partial charge is 0.398 e. The van der Waals surface area contributed by atoms with E-state index in [1.54, 1.807) is 11.4 Å². The molecule has 19 heavy (non-hydrogen) atoms. The Morgan fingerprint density at radius 3 is 2.47 bits per heavy atom. The Bertz CT molecular complexity index is 592. The van der Waals surface area contributed by atoms with Crippen LogP contribution < -0.4 is 5.73 Å². The van der Waals surface area contributed by atoms with E-state index in [0.29, 0.717) is 5.56 Å². The van der Waals surface area contributed by atoms with Crippen LogP contribution in [0.15, 0.2) is 29.6 Å². The van der Waals surface area contributed by atoms with Crippen LogP contribution in [0.3, 0.4) is 0 Å². The lowest BCUT2D eigenvalue weighted by Gasteiger charge is -2.15. The minimum Gasteiger partial charge on any atom is -0.398 e. The Kier molecular flexibility index (Phi) is 3.56. The standard InChI is InChI=1S/C13H12F3NOS/c1-7-4-8(6-19-7)12(18)10-5-9(13(14,15)16)2-3-11(10)17/h2-6,12,18H,17H2,1H3. The third kappa shape index (κ3) is 2.90. The van der Waals surface area contributed by atoms with Crippen molar-refractivity contribution < 1.29 is 18.3 Å². The van der Waals surface area contributed by atoms with Crippen molar-refractivity contribution in [3.8, 4) is 0 Å². The second-order valence-electron chi connectivity index (χ2n) is 4.23. The van der Waals surface area contributed by atoms with Crippen molar-refractivity contribution in [3.05, 3.63) is 51.2 Å². The molecule has 1 unspecified atom stereocenters. The van der Waals surface area contributed by atoms with Crippen LogP contribution in [-0.2, 0) is 6.18 Å². The molecular formula is C13H12F3NOS. The number of aryl methyl sites for hydroxylation is 1. The first-order valence-corrected chi connectivity index (χ1v) is 6.36. The number of anilines is 1. The monoisotopic (exact) mass is 287 g/mol. The van der Waals surface area contributed by atoms with Gasteiger partial charge in [0.2, 0.25) is 0 Å². The fourth-order valence-corrected chi connectivity index (χ4v) is 2.50. The van der Waals surface area contributed by atoms with Gasteiger partial charge >= 0.3 is 6.18 Å². The summed E-state index contributed by atoms with van der Waals surface area (Å²) in [4.78, 5) is 0.972. The third-order valence-corrected chi connectivity index (χ3v) is 3.65. The SMILES string of the molecule is Cc1cc(C(O)c2cc(C(F)(F)F)ccc2N)cs1. The summed E-state index contributed by atoms with van der Waals surface area (Å²) in [6.07, 6.45) is -5.60. The number of alkyl halides is 3. The average Bonchev–Trinajstić information content (AvgIpc) is 2.74. The first-order valence-electron chi connectivity index (χ1n) is 5.49. The second kappa shape index (κ2) is 4.86. The summed E-state index contributed by atoms with van der Waals surface area (Å²) in [5.74, 6) is 0. The van der Waals surface area contributed by atoms with Crippen LogP contribution in [0.1, 0.15) is 27.7 Å². The Morgan fingerprint density at radius 1 is 1.26 bits per heavy atom. The van der Waals surface area contributed by atoms with Gasteiger partial charge in [-0.25, -0.2) is 0 Å². The van der Waals surface area contributed by atoms with E-state index < -0.39 is 17.8 Å². The van der Waals surface area contributed by atoms with Crippen LogP contribution in [0.5, 0.6) is 0 Å². The molecule has 0 spiro atoms. The molecule has 2 nitrogen and oxygen atoms in total. The molecule has 2 rings (SSSR count). The number of benzene rings is 1. The number of nitrogen functional groups attached to an aromatic ring is 1. The number of hydrogen-bond donors (Lipinski definition) is 2. The first kappa shape index (κ1) is 13.9. The molecular weight excluding hydrogens is 275 g/mol. The summed E-state index contributed by atoms with van der Waals surface area (Å²) in [5, 5.41) is 11.8. The van der Waals surface area contributed by atoms with Gasteiger partial charge in [0.25, 0.3) is 0 Å². The van der Waals surface area contributed by atoms with Gasteiger partial charge in [-0.1, -0.05) is 0 Å². The number of aliphatic hydroxyl groups is 1. The van der Waals surface area contributed by atoms with E-state index in [-0.39, 0.29) is 11.3 Å². The molecule has 1 aromatic carbocycles. The van der Waals surface area contributed by atoms with E-state index in [4.69, 9.17) is 5.73 Å². The lowest BCUT2D eigenvalue weighted by atomic mass is 9.99. The second-order valence-corrected chi connectivity index (χ2v) is 5.35. The summed E-state index contributed by atoms with van der Waals surface area (Å²) in [5.41, 5.74) is 5.61. The molecule has 0 amide bonds.